The van der Waals surface area contributed by atoms with Crippen molar-refractivity contribution >= 4 is 32.7 Å². The zero-order valence-electron chi connectivity index (χ0n) is 25.2. The molecule has 1 aliphatic rings. The second kappa shape index (κ2) is 10.1. The van der Waals surface area contributed by atoms with Crippen molar-refractivity contribution in [3.63, 3.8) is 0 Å². The molecule has 7 aromatic carbocycles. The van der Waals surface area contributed by atoms with E-state index in [2.05, 4.69) is 109 Å². The number of rotatable bonds is 4. The minimum Gasteiger partial charge on any atom is -0.455 e. The Kier molecular flexibility index (Phi) is 5.54. The van der Waals surface area contributed by atoms with Gasteiger partial charge < -0.3 is 4.42 Å². The molecule has 0 fully saturated rings. The summed E-state index contributed by atoms with van der Waals surface area (Å²) in [5.41, 5.74) is 11.6. The Morgan fingerprint density at radius 2 is 0.851 bits per heavy atom. The molecule has 0 aliphatic heterocycles. The molecule has 0 saturated heterocycles. The summed E-state index contributed by atoms with van der Waals surface area (Å²) in [6.45, 7) is 0. The van der Waals surface area contributed by atoms with Crippen molar-refractivity contribution in [2.75, 3.05) is 0 Å². The van der Waals surface area contributed by atoms with E-state index in [0.29, 0.717) is 17.5 Å². The predicted octanol–water partition coefficient (Wildman–Crippen LogP) is 11.2. The predicted molar refractivity (Wildman–Crippen MR) is 191 cm³/mol. The van der Waals surface area contributed by atoms with E-state index in [4.69, 9.17) is 19.4 Å². The van der Waals surface area contributed by atoms with Crippen LogP contribution in [0.2, 0.25) is 0 Å². The highest BCUT2D eigenvalue weighted by atomic mass is 16.3. The van der Waals surface area contributed by atoms with Crippen molar-refractivity contribution in [2.45, 2.75) is 0 Å². The molecule has 218 valence electrons. The van der Waals surface area contributed by atoms with E-state index < -0.39 is 0 Å². The molecule has 47 heavy (non-hydrogen) atoms. The van der Waals surface area contributed by atoms with Crippen LogP contribution in [0, 0.1) is 0 Å². The average Bonchev–Trinajstić information content (AvgIpc) is 3.69. The molecule has 0 N–H and O–H groups in total. The molecule has 2 heterocycles. The van der Waals surface area contributed by atoms with Crippen LogP contribution < -0.4 is 0 Å². The summed E-state index contributed by atoms with van der Waals surface area (Å²) in [5.74, 6) is 1.81. The van der Waals surface area contributed by atoms with Crippen LogP contribution in [0.1, 0.15) is 0 Å². The Labute approximate surface area is 270 Å². The average molecular weight is 600 g/mol. The van der Waals surface area contributed by atoms with Gasteiger partial charge in [-0.05, 0) is 56.3 Å². The highest BCUT2D eigenvalue weighted by molar-refractivity contribution is 6.28. The van der Waals surface area contributed by atoms with Crippen LogP contribution in [0.15, 0.2) is 156 Å². The zero-order chi connectivity index (χ0) is 30.9. The molecule has 0 radical (unpaired) electrons. The molecule has 9 aromatic rings. The lowest BCUT2D eigenvalue weighted by atomic mass is 9.98. The first kappa shape index (κ1) is 25.9. The van der Waals surface area contributed by atoms with Crippen LogP contribution in [-0.2, 0) is 0 Å². The monoisotopic (exact) mass is 599 g/mol. The fourth-order valence-corrected chi connectivity index (χ4v) is 7.12. The van der Waals surface area contributed by atoms with Crippen LogP contribution in [0.4, 0.5) is 0 Å². The van der Waals surface area contributed by atoms with Crippen molar-refractivity contribution in [1.29, 1.82) is 0 Å². The summed E-state index contributed by atoms with van der Waals surface area (Å²) in [6.07, 6.45) is 0. The van der Waals surface area contributed by atoms with Gasteiger partial charge in [0, 0.05) is 21.9 Å². The van der Waals surface area contributed by atoms with E-state index >= 15 is 0 Å². The Hall–Kier alpha value is -6.39. The molecule has 0 atom stereocenters. The van der Waals surface area contributed by atoms with Gasteiger partial charge in [-0.3, -0.25) is 0 Å². The lowest BCUT2D eigenvalue weighted by Gasteiger charge is -2.09. The van der Waals surface area contributed by atoms with Gasteiger partial charge in [-0.2, -0.15) is 0 Å². The highest BCUT2D eigenvalue weighted by Gasteiger charge is 2.25. The third-order valence-electron chi connectivity index (χ3n) is 9.29. The highest BCUT2D eigenvalue weighted by Crippen LogP contribution is 2.51. The SMILES string of the molecule is c1ccc(-c2ccc(-c3nc(-c4ccccc4)nc(-c4cccc5c4oc4cc6c7c(cccc7c45)-c4ccccc4-6)n3)cc2)cc1. The first-order chi connectivity index (χ1) is 23.3. The maximum absolute atomic E-state index is 6.78. The summed E-state index contributed by atoms with van der Waals surface area (Å²) in [6, 6.07) is 52.6. The lowest BCUT2D eigenvalue weighted by Crippen LogP contribution is -2.00. The quantitative estimate of drug-likeness (QED) is 0.202. The third-order valence-corrected chi connectivity index (χ3v) is 9.29. The van der Waals surface area contributed by atoms with Crippen molar-refractivity contribution in [2.24, 2.45) is 0 Å². The maximum atomic E-state index is 6.78. The fourth-order valence-electron chi connectivity index (χ4n) is 7.12. The minimum atomic E-state index is 0.577. The first-order valence-corrected chi connectivity index (χ1v) is 15.8. The zero-order valence-corrected chi connectivity index (χ0v) is 25.2. The second-order valence-corrected chi connectivity index (χ2v) is 12.0. The van der Waals surface area contributed by atoms with Crippen LogP contribution in [0.3, 0.4) is 0 Å². The molecule has 0 saturated carbocycles. The van der Waals surface area contributed by atoms with Gasteiger partial charge in [-0.25, -0.2) is 15.0 Å². The van der Waals surface area contributed by atoms with Gasteiger partial charge >= 0.3 is 0 Å². The van der Waals surface area contributed by atoms with Crippen LogP contribution in [-0.4, -0.2) is 15.0 Å². The van der Waals surface area contributed by atoms with E-state index in [1.54, 1.807) is 0 Å². The molecule has 1 aliphatic carbocycles. The number of furan rings is 1. The van der Waals surface area contributed by atoms with E-state index in [9.17, 15) is 0 Å². The minimum absolute atomic E-state index is 0.577. The van der Waals surface area contributed by atoms with Crippen molar-refractivity contribution in [3.05, 3.63) is 152 Å². The van der Waals surface area contributed by atoms with Crippen molar-refractivity contribution in [3.8, 4) is 67.5 Å². The van der Waals surface area contributed by atoms with Crippen molar-refractivity contribution < 1.29 is 4.42 Å². The number of hydrogen-bond donors (Lipinski definition) is 0. The molecule has 0 amide bonds. The number of fused-ring (bicyclic) bond motifs is 7. The molecule has 0 spiro atoms. The molecule has 4 heteroatoms. The number of hydrogen-bond acceptors (Lipinski definition) is 4. The normalized spacial score (nSPS) is 11.8. The van der Waals surface area contributed by atoms with Gasteiger partial charge in [0.05, 0.1) is 5.56 Å². The molecular formula is C43H25N3O. The Morgan fingerprint density at radius 3 is 1.57 bits per heavy atom. The van der Waals surface area contributed by atoms with E-state index in [-0.39, 0.29) is 0 Å². The molecule has 0 unspecified atom stereocenters. The Morgan fingerprint density at radius 1 is 0.340 bits per heavy atom. The largest absolute Gasteiger partial charge is 0.455 e. The van der Waals surface area contributed by atoms with E-state index in [1.807, 2.05) is 42.5 Å². The summed E-state index contributed by atoms with van der Waals surface area (Å²) in [5, 5.41) is 4.64. The number of aromatic nitrogens is 3. The van der Waals surface area contributed by atoms with Gasteiger partial charge in [0.1, 0.15) is 11.2 Å². The molecule has 10 rings (SSSR count). The lowest BCUT2D eigenvalue weighted by molar-refractivity contribution is 0.670. The second-order valence-electron chi connectivity index (χ2n) is 12.0. The molecular weight excluding hydrogens is 574 g/mol. The Bertz CT molecular complexity index is 2660. The van der Waals surface area contributed by atoms with Gasteiger partial charge in [-0.15, -0.1) is 0 Å². The fraction of sp³-hybridized carbons (Fsp3) is 0. The summed E-state index contributed by atoms with van der Waals surface area (Å²) in [4.78, 5) is 15.1. The van der Waals surface area contributed by atoms with E-state index in [1.165, 1.54) is 38.6 Å². The standard InChI is InChI=1S/C43H25N3O/c1-3-11-26(12-4-1)27-21-23-29(24-22-27)42-44-41(28-13-5-2-6-14-28)45-43(46-42)35-20-10-19-34-39-33-18-9-17-32-30-15-7-8-16-31(30)36(38(32)33)25-37(39)47-40(34)35/h1-25H. The Balaban J connectivity index is 1.19. The van der Waals surface area contributed by atoms with Crippen LogP contribution >= 0.6 is 0 Å². The van der Waals surface area contributed by atoms with Crippen LogP contribution in [0.5, 0.6) is 0 Å². The van der Waals surface area contributed by atoms with Gasteiger partial charge in [0.2, 0.25) is 0 Å². The van der Waals surface area contributed by atoms with Gasteiger partial charge in [0.25, 0.3) is 0 Å². The maximum Gasteiger partial charge on any atom is 0.167 e. The summed E-state index contributed by atoms with van der Waals surface area (Å²) in [7, 11) is 0. The third kappa shape index (κ3) is 3.98. The molecule has 2 aromatic heterocycles. The van der Waals surface area contributed by atoms with Gasteiger partial charge in [-0.1, -0.05) is 140 Å². The molecule has 4 nitrogen and oxygen atoms in total. The number of para-hydroxylation sites is 1. The summed E-state index contributed by atoms with van der Waals surface area (Å²) >= 11 is 0. The number of benzene rings is 7. The number of nitrogens with zero attached hydrogens (tertiary/aromatic N) is 3. The topological polar surface area (TPSA) is 51.8 Å². The van der Waals surface area contributed by atoms with Crippen LogP contribution in [0.25, 0.3) is 100 Å². The summed E-state index contributed by atoms with van der Waals surface area (Å²) < 4.78 is 6.78. The smallest absolute Gasteiger partial charge is 0.167 e. The van der Waals surface area contributed by atoms with Gasteiger partial charge in [0.15, 0.2) is 17.5 Å². The molecule has 0 bridgehead atoms. The first-order valence-electron chi connectivity index (χ1n) is 15.8. The van der Waals surface area contributed by atoms with Crippen molar-refractivity contribution in [1.82, 2.24) is 15.0 Å². The van der Waals surface area contributed by atoms with E-state index in [0.717, 1.165) is 44.2 Å².